The van der Waals surface area contributed by atoms with Gasteiger partial charge in [0.2, 0.25) is 5.91 Å². The number of rotatable bonds is 3. The van der Waals surface area contributed by atoms with Crippen LogP contribution in [0.3, 0.4) is 0 Å². The summed E-state index contributed by atoms with van der Waals surface area (Å²) in [5.41, 5.74) is 1.91. The van der Waals surface area contributed by atoms with E-state index in [0.29, 0.717) is 23.4 Å². The van der Waals surface area contributed by atoms with Gasteiger partial charge in [-0.3, -0.25) is 4.79 Å². The van der Waals surface area contributed by atoms with Gasteiger partial charge < -0.3 is 10.6 Å². The van der Waals surface area contributed by atoms with E-state index in [0.717, 1.165) is 37.6 Å². The smallest absolute Gasteiger partial charge is 0.226 e. The van der Waals surface area contributed by atoms with E-state index in [9.17, 15) is 4.79 Å². The largest absolute Gasteiger partial charge is 0.351 e. The van der Waals surface area contributed by atoms with E-state index in [1.807, 2.05) is 0 Å². The number of piperidine rings is 1. The highest BCUT2D eigenvalue weighted by Gasteiger charge is 2.64. The first kappa shape index (κ1) is 16.6. The highest BCUT2D eigenvalue weighted by molar-refractivity contribution is 5.84. The van der Waals surface area contributed by atoms with Crippen LogP contribution in [0.25, 0.3) is 0 Å². The number of hydrogen-bond donors (Lipinski definition) is 2. The Balaban J connectivity index is 1.33. The van der Waals surface area contributed by atoms with E-state index in [2.05, 4.69) is 47.9 Å². The number of fused-ring (bicyclic) bond motifs is 2. The third-order valence-electron chi connectivity index (χ3n) is 8.86. The quantitative estimate of drug-likeness (QED) is 0.857. The molecule has 1 saturated heterocycles. The average Bonchev–Trinajstić information content (AvgIpc) is 3.23. The molecule has 144 valence electrons. The summed E-state index contributed by atoms with van der Waals surface area (Å²) >= 11 is 0. The molecule has 5 aliphatic carbocycles. The second-order valence-electron chi connectivity index (χ2n) is 11.2. The molecule has 0 aromatic heterocycles. The van der Waals surface area contributed by atoms with Crippen LogP contribution in [0.1, 0.15) is 63.9 Å². The maximum atomic E-state index is 13.7. The fraction of sp³-hybridized carbons (Fsp3) is 0.708. The van der Waals surface area contributed by atoms with Crippen molar-refractivity contribution in [2.75, 3.05) is 6.54 Å². The zero-order valence-corrected chi connectivity index (χ0v) is 16.5. The molecule has 2 N–H and O–H groups in total. The van der Waals surface area contributed by atoms with Crippen molar-refractivity contribution in [1.82, 2.24) is 10.6 Å². The lowest BCUT2D eigenvalue weighted by Gasteiger charge is -2.65. The third-order valence-corrected chi connectivity index (χ3v) is 8.86. The molecule has 6 bridgehead atoms. The molecule has 27 heavy (non-hydrogen) atoms. The number of benzene rings is 1. The van der Waals surface area contributed by atoms with E-state index in [1.54, 1.807) is 0 Å². The minimum absolute atomic E-state index is 0.133. The Hall–Kier alpha value is -1.35. The average molecular weight is 365 g/mol. The van der Waals surface area contributed by atoms with Crippen molar-refractivity contribution in [3.05, 3.63) is 35.9 Å². The fourth-order valence-corrected chi connectivity index (χ4v) is 8.62. The minimum atomic E-state index is -0.133. The number of carbonyl (C=O) groups is 1. The summed E-state index contributed by atoms with van der Waals surface area (Å²) in [6, 6.07) is 12.0. The van der Waals surface area contributed by atoms with Gasteiger partial charge in [0, 0.05) is 12.1 Å². The Bertz CT molecular complexity index is 778. The van der Waals surface area contributed by atoms with E-state index < -0.39 is 0 Å². The Morgan fingerprint density at radius 3 is 2.59 bits per heavy atom. The van der Waals surface area contributed by atoms with Gasteiger partial charge in [0.25, 0.3) is 0 Å². The van der Waals surface area contributed by atoms with Gasteiger partial charge in [-0.2, -0.15) is 0 Å². The van der Waals surface area contributed by atoms with Crippen LogP contribution in [-0.4, -0.2) is 24.5 Å². The third kappa shape index (κ3) is 2.40. The first-order chi connectivity index (χ1) is 13.0. The Kier molecular flexibility index (Phi) is 3.30. The van der Waals surface area contributed by atoms with Gasteiger partial charge in [-0.05, 0) is 86.1 Å². The normalized spacial score (nSPS) is 49.5. The number of hydrogen-bond acceptors (Lipinski definition) is 2. The summed E-state index contributed by atoms with van der Waals surface area (Å²) in [6.07, 6.45) is 9.61. The van der Waals surface area contributed by atoms with Gasteiger partial charge in [0.1, 0.15) is 0 Å². The van der Waals surface area contributed by atoms with E-state index >= 15 is 0 Å². The van der Waals surface area contributed by atoms with Crippen LogP contribution in [0.5, 0.6) is 0 Å². The number of nitrogens with one attached hydrogen (secondary N) is 2. The molecule has 3 nitrogen and oxygen atoms in total. The second-order valence-corrected chi connectivity index (χ2v) is 11.2. The predicted molar refractivity (Wildman–Crippen MR) is 106 cm³/mol. The molecule has 6 fully saturated rings. The zero-order valence-electron chi connectivity index (χ0n) is 16.5. The number of amides is 1. The molecule has 1 amide bonds. The molecule has 0 spiro atoms. The standard InChI is InChI=1S/C24H32N2O/c1-22-9-17-10-23(13-22,18-5-3-2-4-6-18)15-24(11-17,14-22)21(27)26-20-8-16-7-19(20)25-12-16/h2-6,16-17,19-20,25H,7-15H2,1H3,(H,26,27)/t16?,17?,19?,20?,22-,23-,24?/m0/s1. The minimum Gasteiger partial charge on any atom is -0.351 e. The Labute approximate surface area is 162 Å². The topological polar surface area (TPSA) is 41.1 Å². The lowest BCUT2D eigenvalue weighted by Crippen LogP contribution is -2.63. The van der Waals surface area contributed by atoms with Gasteiger partial charge in [0.15, 0.2) is 0 Å². The van der Waals surface area contributed by atoms with Crippen LogP contribution in [0.2, 0.25) is 0 Å². The number of carbonyl (C=O) groups excluding carboxylic acids is 1. The fourth-order valence-electron chi connectivity index (χ4n) is 8.62. The van der Waals surface area contributed by atoms with Gasteiger partial charge in [-0.15, -0.1) is 0 Å². The highest BCUT2D eigenvalue weighted by Crippen LogP contribution is 2.70. The Morgan fingerprint density at radius 2 is 1.89 bits per heavy atom. The molecule has 1 heterocycles. The van der Waals surface area contributed by atoms with Crippen molar-refractivity contribution in [1.29, 1.82) is 0 Å². The molecule has 1 aromatic carbocycles. The SMILES string of the molecule is C[C@@]12CC3CC(C(=O)NC4CC5CNC4C5)(C1)C[C@](c1ccccc1)(C3)C2. The molecule has 7 rings (SSSR count). The van der Waals surface area contributed by atoms with Crippen molar-refractivity contribution < 1.29 is 4.79 Å². The van der Waals surface area contributed by atoms with Crippen LogP contribution in [0.4, 0.5) is 0 Å². The van der Waals surface area contributed by atoms with Crippen molar-refractivity contribution in [2.45, 2.75) is 75.8 Å². The van der Waals surface area contributed by atoms with Crippen molar-refractivity contribution >= 4 is 5.91 Å². The highest BCUT2D eigenvalue weighted by atomic mass is 16.2. The molecular weight excluding hydrogens is 332 g/mol. The first-order valence-corrected chi connectivity index (χ1v) is 11.1. The lowest BCUT2D eigenvalue weighted by atomic mass is 9.38. The first-order valence-electron chi connectivity index (χ1n) is 11.1. The molecule has 3 heteroatoms. The maximum Gasteiger partial charge on any atom is 0.226 e. The summed E-state index contributed by atoms with van der Waals surface area (Å²) < 4.78 is 0. The molecule has 0 radical (unpaired) electrons. The molecular formula is C24H32N2O. The summed E-state index contributed by atoms with van der Waals surface area (Å²) in [5.74, 6) is 1.89. The molecule has 5 unspecified atom stereocenters. The second kappa shape index (κ2) is 5.37. The summed E-state index contributed by atoms with van der Waals surface area (Å²) in [7, 11) is 0. The van der Waals surface area contributed by atoms with E-state index in [-0.39, 0.29) is 10.8 Å². The Morgan fingerprint density at radius 1 is 1.04 bits per heavy atom. The van der Waals surface area contributed by atoms with Crippen LogP contribution in [0, 0.1) is 22.7 Å². The zero-order chi connectivity index (χ0) is 18.3. The van der Waals surface area contributed by atoms with E-state index in [1.165, 1.54) is 37.7 Å². The lowest BCUT2D eigenvalue weighted by molar-refractivity contribution is -0.161. The van der Waals surface area contributed by atoms with E-state index in [4.69, 9.17) is 0 Å². The van der Waals surface area contributed by atoms with Gasteiger partial charge in [-0.1, -0.05) is 37.3 Å². The molecule has 5 saturated carbocycles. The monoisotopic (exact) mass is 364 g/mol. The van der Waals surface area contributed by atoms with Gasteiger partial charge in [-0.25, -0.2) is 0 Å². The molecule has 7 atom stereocenters. The molecule has 6 aliphatic rings. The van der Waals surface area contributed by atoms with Gasteiger partial charge >= 0.3 is 0 Å². The van der Waals surface area contributed by atoms with Crippen molar-refractivity contribution in [2.24, 2.45) is 22.7 Å². The predicted octanol–water partition coefficient (Wildman–Crippen LogP) is 3.78. The summed E-state index contributed by atoms with van der Waals surface area (Å²) in [6.45, 7) is 3.62. The van der Waals surface area contributed by atoms with Crippen LogP contribution < -0.4 is 10.6 Å². The van der Waals surface area contributed by atoms with Crippen molar-refractivity contribution in [3.63, 3.8) is 0 Å². The van der Waals surface area contributed by atoms with Crippen LogP contribution in [0.15, 0.2) is 30.3 Å². The van der Waals surface area contributed by atoms with Gasteiger partial charge in [0.05, 0.1) is 5.41 Å². The summed E-state index contributed by atoms with van der Waals surface area (Å²) in [5, 5.41) is 7.16. The molecule has 1 aromatic rings. The van der Waals surface area contributed by atoms with Crippen LogP contribution in [-0.2, 0) is 10.2 Å². The maximum absolute atomic E-state index is 13.7. The van der Waals surface area contributed by atoms with Crippen LogP contribution >= 0.6 is 0 Å². The van der Waals surface area contributed by atoms with Crippen molar-refractivity contribution in [3.8, 4) is 0 Å². The molecule has 1 aliphatic heterocycles. The summed E-state index contributed by atoms with van der Waals surface area (Å²) in [4.78, 5) is 13.7.